The summed E-state index contributed by atoms with van der Waals surface area (Å²) in [6, 6.07) is 22.5. The Balaban J connectivity index is 2.34. The molecule has 0 aliphatic heterocycles. The van der Waals surface area contributed by atoms with Gasteiger partial charge in [0.15, 0.2) is 7.14 Å². The molecule has 0 heterocycles. The fraction of sp³-hybridized carbons (Fsp3) is 0. The van der Waals surface area contributed by atoms with Crippen molar-refractivity contribution < 1.29 is 8.96 Å². The van der Waals surface area contributed by atoms with E-state index in [4.69, 9.17) is 0 Å². The third-order valence-electron chi connectivity index (χ3n) is 3.52. The Hall–Kier alpha value is -1.83. The Labute approximate surface area is 134 Å². The third-order valence-corrected chi connectivity index (χ3v) is 7.18. The number of halogens is 1. The van der Waals surface area contributed by atoms with Crippen molar-refractivity contribution >= 4 is 35.7 Å². The predicted octanol–water partition coefficient (Wildman–Crippen LogP) is 3.75. The molecule has 0 radical (unpaired) electrons. The van der Waals surface area contributed by atoms with Crippen LogP contribution in [0, 0.1) is 5.82 Å². The number of rotatable bonds is 3. The third kappa shape index (κ3) is 2.63. The second-order valence-electron chi connectivity index (χ2n) is 4.91. The Morgan fingerprint density at radius 2 is 1.27 bits per heavy atom. The smallest absolute Gasteiger partial charge is 0.172 e. The van der Waals surface area contributed by atoms with E-state index in [1.165, 1.54) is 12.1 Å². The van der Waals surface area contributed by atoms with E-state index in [2.05, 4.69) is 12.6 Å². The maximum Gasteiger partial charge on any atom is 0.172 e. The van der Waals surface area contributed by atoms with E-state index in [-0.39, 0.29) is 0 Å². The van der Waals surface area contributed by atoms with Crippen LogP contribution in [0.2, 0.25) is 0 Å². The van der Waals surface area contributed by atoms with E-state index >= 15 is 0 Å². The van der Waals surface area contributed by atoms with Crippen LogP contribution in [0.3, 0.4) is 0 Å². The van der Waals surface area contributed by atoms with Crippen LogP contribution in [0.4, 0.5) is 4.39 Å². The number of hydrogen-bond donors (Lipinski definition) is 1. The van der Waals surface area contributed by atoms with Crippen LogP contribution in [0.5, 0.6) is 0 Å². The summed E-state index contributed by atoms with van der Waals surface area (Å²) in [5, 5.41) is 1.76. The molecule has 0 saturated heterocycles. The minimum absolute atomic E-state index is 0.417. The highest BCUT2D eigenvalue weighted by Crippen LogP contribution is 2.44. The van der Waals surface area contributed by atoms with Gasteiger partial charge in [-0.25, -0.2) is 4.39 Å². The summed E-state index contributed by atoms with van der Waals surface area (Å²) < 4.78 is 27.7. The van der Waals surface area contributed by atoms with Crippen LogP contribution in [-0.2, 0) is 4.57 Å². The van der Waals surface area contributed by atoms with Gasteiger partial charge in [0.05, 0.1) is 0 Å². The summed E-state index contributed by atoms with van der Waals surface area (Å²) in [4.78, 5) is 0.525. The molecule has 1 nitrogen and oxygen atoms in total. The van der Waals surface area contributed by atoms with Crippen molar-refractivity contribution in [2.24, 2.45) is 0 Å². The van der Waals surface area contributed by atoms with Crippen molar-refractivity contribution in [3.05, 3.63) is 84.7 Å². The van der Waals surface area contributed by atoms with Gasteiger partial charge in [0, 0.05) is 20.8 Å². The van der Waals surface area contributed by atoms with Gasteiger partial charge >= 0.3 is 0 Å². The van der Waals surface area contributed by atoms with Gasteiger partial charge < -0.3 is 4.57 Å². The number of benzene rings is 3. The zero-order chi connectivity index (χ0) is 15.6. The van der Waals surface area contributed by atoms with Gasteiger partial charge in [-0.15, -0.1) is 12.6 Å². The lowest BCUT2D eigenvalue weighted by atomic mass is 10.3. The molecule has 0 spiro atoms. The largest absolute Gasteiger partial charge is 0.309 e. The molecule has 0 aliphatic rings. The molecule has 0 fully saturated rings. The molecule has 0 amide bonds. The molecular weight excluding hydrogens is 314 g/mol. The lowest BCUT2D eigenvalue weighted by Gasteiger charge is -2.21. The van der Waals surface area contributed by atoms with Gasteiger partial charge in [0.25, 0.3) is 0 Å². The van der Waals surface area contributed by atoms with Gasteiger partial charge in [-0.1, -0.05) is 60.7 Å². The van der Waals surface area contributed by atoms with E-state index in [1.54, 1.807) is 6.07 Å². The average Bonchev–Trinajstić information content (AvgIpc) is 2.58. The maximum atomic E-state index is 14.0. The minimum Gasteiger partial charge on any atom is -0.309 e. The maximum absolute atomic E-state index is 14.0. The monoisotopic (exact) mass is 328 g/mol. The summed E-state index contributed by atoms with van der Waals surface area (Å²) in [5.74, 6) is -0.417. The number of thiol groups is 1. The molecule has 0 atom stereocenters. The second-order valence-corrected chi connectivity index (χ2v) is 8.13. The van der Waals surface area contributed by atoms with E-state index in [0.717, 1.165) is 0 Å². The Bertz CT molecular complexity index is 791. The Kier molecular flexibility index (Phi) is 4.19. The molecule has 0 bridgehead atoms. The van der Waals surface area contributed by atoms with E-state index in [0.29, 0.717) is 20.8 Å². The molecule has 0 aliphatic carbocycles. The van der Waals surface area contributed by atoms with Gasteiger partial charge in [0.1, 0.15) is 5.82 Å². The topological polar surface area (TPSA) is 17.1 Å². The van der Waals surface area contributed by atoms with Gasteiger partial charge in [0.2, 0.25) is 0 Å². The Morgan fingerprint density at radius 3 is 1.77 bits per heavy atom. The van der Waals surface area contributed by atoms with Crippen molar-refractivity contribution in [3.63, 3.8) is 0 Å². The summed E-state index contributed by atoms with van der Waals surface area (Å²) >= 11 is 4.40. The fourth-order valence-corrected chi connectivity index (χ4v) is 5.75. The van der Waals surface area contributed by atoms with Crippen LogP contribution in [0.1, 0.15) is 0 Å². The highest BCUT2D eigenvalue weighted by molar-refractivity contribution is 7.87. The summed E-state index contributed by atoms with van der Waals surface area (Å²) in [6.07, 6.45) is 0. The van der Waals surface area contributed by atoms with E-state index < -0.39 is 13.0 Å². The number of hydrogen-bond acceptors (Lipinski definition) is 2. The quantitative estimate of drug-likeness (QED) is 0.572. The van der Waals surface area contributed by atoms with Crippen LogP contribution < -0.4 is 15.9 Å². The molecule has 3 aromatic carbocycles. The molecule has 4 heteroatoms. The van der Waals surface area contributed by atoms with Crippen LogP contribution >= 0.6 is 19.8 Å². The standard InChI is InChI=1S/C18H14FOPS/c19-14-11-12-18(22)17(13-14)21(20,15-7-3-1-4-8-15)16-9-5-2-6-10-16/h1-13,22H. The summed E-state index contributed by atoms with van der Waals surface area (Å²) in [6.45, 7) is 0. The molecule has 0 aromatic heterocycles. The molecule has 0 unspecified atom stereocenters. The second kappa shape index (κ2) is 6.12. The van der Waals surface area contributed by atoms with E-state index in [9.17, 15) is 8.96 Å². The molecule has 110 valence electrons. The first-order chi connectivity index (χ1) is 10.6. The average molecular weight is 328 g/mol. The Morgan fingerprint density at radius 1 is 0.773 bits per heavy atom. The zero-order valence-corrected chi connectivity index (χ0v) is 13.5. The van der Waals surface area contributed by atoms with Gasteiger partial charge in [-0.2, -0.15) is 0 Å². The van der Waals surface area contributed by atoms with Crippen molar-refractivity contribution in [2.75, 3.05) is 0 Å². The van der Waals surface area contributed by atoms with Gasteiger partial charge in [-0.3, -0.25) is 0 Å². The first-order valence-electron chi connectivity index (χ1n) is 6.83. The SMILES string of the molecule is O=P(c1ccccc1)(c1ccccc1)c1cc(F)ccc1S. The van der Waals surface area contributed by atoms with E-state index in [1.807, 2.05) is 60.7 Å². The minimum atomic E-state index is -3.16. The van der Waals surface area contributed by atoms with Crippen molar-refractivity contribution in [1.29, 1.82) is 0 Å². The first-order valence-corrected chi connectivity index (χ1v) is 8.98. The molecular formula is C18H14FOPS. The van der Waals surface area contributed by atoms with Crippen molar-refractivity contribution in [2.45, 2.75) is 4.90 Å². The lowest BCUT2D eigenvalue weighted by Crippen LogP contribution is -2.26. The molecule has 22 heavy (non-hydrogen) atoms. The molecule has 0 N–H and O–H groups in total. The summed E-state index contributed by atoms with van der Waals surface area (Å²) in [7, 11) is -3.16. The van der Waals surface area contributed by atoms with Gasteiger partial charge in [-0.05, 0) is 18.2 Å². The molecule has 0 saturated carbocycles. The van der Waals surface area contributed by atoms with Crippen LogP contribution in [0.25, 0.3) is 0 Å². The zero-order valence-electron chi connectivity index (χ0n) is 11.7. The van der Waals surface area contributed by atoms with Crippen LogP contribution in [-0.4, -0.2) is 0 Å². The predicted molar refractivity (Wildman–Crippen MR) is 93.0 cm³/mol. The normalized spacial score (nSPS) is 11.4. The van der Waals surface area contributed by atoms with Crippen LogP contribution in [0.15, 0.2) is 83.8 Å². The van der Waals surface area contributed by atoms with Crippen molar-refractivity contribution in [3.8, 4) is 0 Å². The lowest BCUT2D eigenvalue weighted by molar-refractivity contribution is 0.591. The molecule has 3 aromatic rings. The summed E-state index contributed by atoms with van der Waals surface area (Å²) in [5.41, 5.74) is 0. The highest BCUT2D eigenvalue weighted by Gasteiger charge is 2.31. The van der Waals surface area contributed by atoms with Crippen molar-refractivity contribution in [1.82, 2.24) is 0 Å². The fourth-order valence-electron chi connectivity index (χ4n) is 2.45. The molecule has 3 rings (SSSR count). The first kappa shape index (κ1) is 15.1. The highest BCUT2D eigenvalue weighted by atomic mass is 32.1.